The van der Waals surface area contributed by atoms with Crippen LogP contribution in [-0.2, 0) is 0 Å². The molecule has 2 heterocycles. The van der Waals surface area contributed by atoms with E-state index in [2.05, 4.69) is 43.1 Å². The molecule has 0 fully saturated rings. The highest BCUT2D eigenvalue weighted by Crippen LogP contribution is 2.29. The van der Waals surface area contributed by atoms with Crippen LogP contribution in [0.2, 0.25) is 0 Å². The number of nitrogens with one attached hydrogen (secondary N) is 2. The molecule has 0 aliphatic carbocycles. The molecule has 0 saturated heterocycles. The molecule has 0 unspecified atom stereocenters. The molecule has 26 heavy (non-hydrogen) atoms. The van der Waals surface area contributed by atoms with E-state index in [0.29, 0.717) is 6.54 Å². The van der Waals surface area contributed by atoms with Crippen molar-refractivity contribution < 1.29 is 4.79 Å². The first-order valence-electron chi connectivity index (χ1n) is 8.25. The minimum absolute atomic E-state index is 0.0199. The molecule has 4 nitrogen and oxygen atoms in total. The fraction of sp³-hybridized carbons (Fsp3) is 0.158. The van der Waals surface area contributed by atoms with Crippen molar-refractivity contribution in [2.24, 2.45) is 0 Å². The van der Waals surface area contributed by atoms with Gasteiger partial charge in [-0.3, -0.25) is 4.79 Å². The molecule has 0 atom stereocenters. The summed E-state index contributed by atoms with van der Waals surface area (Å²) in [7, 11) is 0. The second-order valence-corrected chi connectivity index (χ2v) is 8.49. The van der Waals surface area contributed by atoms with Gasteiger partial charge in [0.15, 0.2) is 0 Å². The van der Waals surface area contributed by atoms with E-state index in [9.17, 15) is 4.79 Å². The number of rotatable bonds is 6. The Morgan fingerprint density at radius 1 is 1.08 bits per heavy atom. The lowest BCUT2D eigenvalue weighted by molar-refractivity contribution is 0.0955. The van der Waals surface area contributed by atoms with E-state index in [1.54, 1.807) is 11.3 Å². The van der Waals surface area contributed by atoms with Crippen LogP contribution in [0.25, 0.3) is 20.2 Å². The molecular formula is C19H16BrN3OS2. The average Bonchev–Trinajstić information content (AvgIpc) is 3.25. The summed E-state index contributed by atoms with van der Waals surface area (Å²) in [5.41, 5.74) is 0.741. The van der Waals surface area contributed by atoms with Gasteiger partial charge >= 0.3 is 0 Å². The minimum atomic E-state index is -0.0199. The molecule has 4 aromatic rings. The van der Waals surface area contributed by atoms with Crippen molar-refractivity contribution in [2.75, 3.05) is 18.4 Å². The SMILES string of the molecule is O=C(NCCCNc1nsc2ccccc12)c1csc2ccc(Br)cc12. The molecule has 2 N–H and O–H groups in total. The van der Waals surface area contributed by atoms with Gasteiger partial charge in [0, 0.05) is 38.4 Å². The molecule has 0 bridgehead atoms. The van der Waals surface area contributed by atoms with Crippen LogP contribution in [0, 0.1) is 0 Å². The van der Waals surface area contributed by atoms with Gasteiger partial charge in [-0.1, -0.05) is 28.1 Å². The summed E-state index contributed by atoms with van der Waals surface area (Å²) < 4.78 is 7.73. The van der Waals surface area contributed by atoms with Gasteiger partial charge in [-0.05, 0) is 48.3 Å². The zero-order valence-corrected chi connectivity index (χ0v) is 17.0. The summed E-state index contributed by atoms with van der Waals surface area (Å²) in [4.78, 5) is 12.4. The maximum absolute atomic E-state index is 12.4. The largest absolute Gasteiger partial charge is 0.369 e. The van der Waals surface area contributed by atoms with E-state index in [1.165, 1.54) is 16.2 Å². The van der Waals surface area contributed by atoms with E-state index in [4.69, 9.17) is 0 Å². The number of halogens is 1. The number of nitrogens with zero attached hydrogens (tertiary/aromatic N) is 1. The van der Waals surface area contributed by atoms with Crippen molar-refractivity contribution in [2.45, 2.75) is 6.42 Å². The molecule has 2 aromatic heterocycles. The first-order chi connectivity index (χ1) is 12.7. The Labute approximate surface area is 167 Å². The van der Waals surface area contributed by atoms with Crippen LogP contribution in [0.5, 0.6) is 0 Å². The highest BCUT2D eigenvalue weighted by molar-refractivity contribution is 9.10. The average molecular weight is 446 g/mol. The smallest absolute Gasteiger partial charge is 0.252 e. The lowest BCUT2D eigenvalue weighted by atomic mass is 10.1. The van der Waals surface area contributed by atoms with Gasteiger partial charge in [0.2, 0.25) is 0 Å². The van der Waals surface area contributed by atoms with Crippen LogP contribution in [0.4, 0.5) is 5.82 Å². The summed E-state index contributed by atoms with van der Waals surface area (Å²) in [6, 6.07) is 14.2. The van der Waals surface area contributed by atoms with E-state index in [0.717, 1.165) is 44.3 Å². The Bertz CT molecular complexity index is 1070. The molecule has 1 amide bonds. The number of carbonyl (C=O) groups excluding carboxylic acids is 1. The van der Waals surface area contributed by atoms with Crippen molar-refractivity contribution in [3.63, 3.8) is 0 Å². The van der Waals surface area contributed by atoms with Crippen molar-refractivity contribution >= 4 is 70.7 Å². The molecule has 0 aliphatic heterocycles. The van der Waals surface area contributed by atoms with Crippen molar-refractivity contribution in [3.05, 3.63) is 57.9 Å². The van der Waals surface area contributed by atoms with Gasteiger partial charge < -0.3 is 10.6 Å². The fourth-order valence-corrected chi connectivity index (χ4v) is 4.82. The van der Waals surface area contributed by atoms with Gasteiger partial charge in [-0.25, -0.2) is 0 Å². The number of fused-ring (bicyclic) bond motifs is 2. The Balaban J connectivity index is 1.30. The van der Waals surface area contributed by atoms with Crippen LogP contribution >= 0.6 is 38.8 Å². The number of hydrogen-bond donors (Lipinski definition) is 2. The van der Waals surface area contributed by atoms with Gasteiger partial charge in [0.05, 0.1) is 10.3 Å². The van der Waals surface area contributed by atoms with E-state index < -0.39 is 0 Å². The third kappa shape index (κ3) is 3.60. The topological polar surface area (TPSA) is 54.0 Å². The van der Waals surface area contributed by atoms with Gasteiger partial charge in [-0.15, -0.1) is 11.3 Å². The third-order valence-corrected chi connectivity index (χ3v) is 6.37. The molecule has 4 rings (SSSR count). The van der Waals surface area contributed by atoms with Crippen LogP contribution in [0.15, 0.2) is 52.3 Å². The minimum Gasteiger partial charge on any atom is -0.369 e. The lowest BCUT2D eigenvalue weighted by Crippen LogP contribution is -2.25. The summed E-state index contributed by atoms with van der Waals surface area (Å²) in [6.45, 7) is 1.39. The quantitative estimate of drug-likeness (QED) is 0.385. The molecule has 0 aliphatic rings. The van der Waals surface area contributed by atoms with Crippen LogP contribution in [-0.4, -0.2) is 23.4 Å². The Morgan fingerprint density at radius 3 is 2.88 bits per heavy atom. The monoisotopic (exact) mass is 445 g/mol. The predicted molar refractivity (Wildman–Crippen MR) is 115 cm³/mol. The highest BCUT2D eigenvalue weighted by atomic mass is 79.9. The zero-order valence-electron chi connectivity index (χ0n) is 13.8. The maximum atomic E-state index is 12.4. The number of hydrogen-bond acceptors (Lipinski definition) is 5. The van der Waals surface area contributed by atoms with Crippen LogP contribution in [0.1, 0.15) is 16.8 Å². The number of aromatic nitrogens is 1. The Hall–Kier alpha value is -1.96. The Kier molecular flexibility index (Phi) is 5.19. The number of thiophene rings is 1. The molecule has 0 spiro atoms. The summed E-state index contributed by atoms with van der Waals surface area (Å²) in [5, 5.41) is 10.4. The van der Waals surface area contributed by atoms with E-state index in [1.807, 2.05) is 35.7 Å². The molecular weight excluding hydrogens is 430 g/mol. The standard InChI is InChI=1S/C19H16BrN3OS2/c20-12-6-7-16-14(10-12)15(11-25-16)19(24)22-9-3-8-21-18-13-4-1-2-5-17(13)26-23-18/h1-2,4-7,10-11H,3,8-9H2,(H,21,23)(H,22,24). The third-order valence-electron chi connectivity index (χ3n) is 4.09. The predicted octanol–water partition coefficient (Wildman–Crippen LogP) is 5.51. The summed E-state index contributed by atoms with van der Waals surface area (Å²) >= 11 is 6.56. The van der Waals surface area contributed by atoms with Gasteiger partial charge in [0.1, 0.15) is 5.82 Å². The molecule has 2 aromatic carbocycles. The Morgan fingerprint density at radius 2 is 1.96 bits per heavy atom. The number of carbonyl (C=O) groups is 1. The van der Waals surface area contributed by atoms with Crippen molar-refractivity contribution in [1.82, 2.24) is 9.69 Å². The summed E-state index contributed by atoms with van der Waals surface area (Å²) in [6.07, 6.45) is 0.837. The van der Waals surface area contributed by atoms with Gasteiger partial charge in [0.25, 0.3) is 5.91 Å². The molecule has 0 saturated carbocycles. The maximum Gasteiger partial charge on any atom is 0.252 e. The van der Waals surface area contributed by atoms with Crippen molar-refractivity contribution in [1.29, 1.82) is 0 Å². The summed E-state index contributed by atoms with van der Waals surface area (Å²) in [5.74, 6) is 0.902. The van der Waals surface area contributed by atoms with Crippen molar-refractivity contribution in [3.8, 4) is 0 Å². The number of anilines is 1. The second-order valence-electron chi connectivity index (χ2n) is 5.85. The number of amides is 1. The number of benzene rings is 2. The molecule has 7 heteroatoms. The van der Waals surface area contributed by atoms with E-state index >= 15 is 0 Å². The lowest BCUT2D eigenvalue weighted by Gasteiger charge is -2.06. The molecule has 132 valence electrons. The normalized spacial score (nSPS) is 11.1. The first-order valence-corrected chi connectivity index (χ1v) is 10.7. The first kappa shape index (κ1) is 17.5. The van der Waals surface area contributed by atoms with Gasteiger partial charge in [-0.2, -0.15) is 4.37 Å². The van der Waals surface area contributed by atoms with E-state index in [-0.39, 0.29) is 5.91 Å². The molecule has 0 radical (unpaired) electrons. The second kappa shape index (κ2) is 7.73. The van der Waals surface area contributed by atoms with Crippen LogP contribution in [0.3, 0.4) is 0 Å². The fourth-order valence-electron chi connectivity index (χ4n) is 2.78. The highest BCUT2D eigenvalue weighted by Gasteiger charge is 2.12. The zero-order chi connectivity index (χ0) is 17.9. The van der Waals surface area contributed by atoms with Crippen LogP contribution < -0.4 is 10.6 Å².